The fraction of sp³-hybridized carbons (Fsp3) is 0.538. The molecule has 0 N–H and O–H groups in total. The first-order valence-corrected chi connectivity index (χ1v) is 6.05. The van der Waals surface area contributed by atoms with E-state index in [9.17, 15) is 10.1 Å². The van der Waals surface area contributed by atoms with Crippen LogP contribution in [-0.2, 0) is 14.9 Å². The Morgan fingerprint density at radius 3 is 2.63 bits per heavy atom. The zero-order chi connectivity index (χ0) is 14.5. The highest BCUT2D eigenvalue weighted by molar-refractivity contribution is 5.85. The lowest BCUT2D eigenvalue weighted by Crippen LogP contribution is -2.35. The first-order chi connectivity index (χ1) is 8.97. The fourth-order valence-corrected chi connectivity index (χ4v) is 1.45. The Morgan fingerprint density at radius 1 is 1.42 bits per heavy atom. The molecule has 0 bridgehead atoms. The predicted molar refractivity (Wildman–Crippen MR) is 67.5 cm³/mol. The number of rotatable bonds is 5. The summed E-state index contributed by atoms with van der Waals surface area (Å²) in [5.74, 6) is -0.224. The van der Waals surface area contributed by atoms with Crippen molar-refractivity contribution in [3.8, 4) is 11.9 Å². The molecule has 0 saturated heterocycles. The Morgan fingerprint density at radius 2 is 2.11 bits per heavy atom. The van der Waals surface area contributed by atoms with E-state index in [1.54, 1.807) is 19.9 Å². The SMILES string of the molecule is CCOC(=O)C(C)(C#N)c1nc(C)cc(OCC)n1. The number of aromatic nitrogens is 2. The second kappa shape index (κ2) is 6.14. The highest BCUT2D eigenvalue weighted by atomic mass is 16.5. The van der Waals surface area contributed by atoms with Gasteiger partial charge in [-0.05, 0) is 27.7 Å². The quantitative estimate of drug-likeness (QED) is 0.749. The van der Waals surface area contributed by atoms with Crippen molar-refractivity contribution >= 4 is 5.97 Å². The Labute approximate surface area is 112 Å². The van der Waals surface area contributed by atoms with Crippen LogP contribution < -0.4 is 4.74 Å². The Balaban J connectivity index is 3.25. The highest BCUT2D eigenvalue weighted by Crippen LogP contribution is 2.24. The molecular weight excluding hydrogens is 246 g/mol. The van der Waals surface area contributed by atoms with Gasteiger partial charge in [-0.3, -0.25) is 0 Å². The van der Waals surface area contributed by atoms with Crippen LogP contribution in [0.5, 0.6) is 5.88 Å². The van der Waals surface area contributed by atoms with E-state index < -0.39 is 11.4 Å². The predicted octanol–water partition coefficient (Wildman–Crippen LogP) is 1.53. The van der Waals surface area contributed by atoms with Crippen molar-refractivity contribution in [2.45, 2.75) is 33.1 Å². The molecule has 6 nitrogen and oxygen atoms in total. The van der Waals surface area contributed by atoms with Crippen molar-refractivity contribution < 1.29 is 14.3 Å². The van der Waals surface area contributed by atoms with E-state index in [1.807, 2.05) is 13.0 Å². The van der Waals surface area contributed by atoms with Gasteiger partial charge in [0.15, 0.2) is 5.82 Å². The lowest BCUT2D eigenvalue weighted by molar-refractivity contribution is -0.147. The van der Waals surface area contributed by atoms with E-state index in [4.69, 9.17) is 9.47 Å². The van der Waals surface area contributed by atoms with Crippen LogP contribution in [0, 0.1) is 18.3 Å². The average molecular weight is 263 g/mol. The van der Waals surface area contributed by atoms with Crippen molar-refractivity contribution in [2.75, 3.05) is 13.2 Å². The minimum absolute atomic E-state index is 0.0944. The van der Waals surface area contributed by atoms with Crippen LogP contribution in [0.2, 0.25) is 0 Å². The smallest absolute Gasteiger partial charge is 0.334 e. The van der Waals surface area contributed by atoms with Crippen molar-refractivity contribution in [3.63, 3.8) is 0 Å². The molecule has 0 aliphatic heterocycles. The monoisotopic (exact) mass is 263 g/mol. The molecule has 0 aromatic carbocycles. The van der Waals surface area contributed by atoms with Crippen LogP contribution in [0.4, 0.5) is 0 Å². The molecule has 0 aliphatic carbocycles. The maximum absolute atomic E-state index is 11.9. The molecule has 1 aromatic heterocycles. The summed E-state index contributed by atoms with van der Waals surface area (Å²) in [6, 6.07) is 3.57. The molecule has 0 aliphatic rings. The molecule has 0 radical (unpaired) electrons. The number of aryl methyl sites for hydroxylation is 1. The maximum Gasteiger partial charge on any atom is 0.334 e. The first kappa shape index (κ1) is 14.9. The largest absolute Gasteiger partial charge is 0.478 e. The summed E-state index contributed by atoms with van der Waals surface area (Å²) in [5.41, 5.74) is -0.910. The summed E-state index contributed by atoms with van der Waals surface area (Å²) in [7, 11) is 0. The van der Waals surface area contributed by atoms with Gasteiger partial charge >= 0.3 is 5.97 Å². The van der Waals surface area contributed by atoms with E-state index in [0.29, 0.717) is 18.2 Å². The standard InChI is InChI=1S/C13H17N3O3/c1-5-18-10-7-9(3)15-11(16-10)13(4,8-14)12(17)19-6-2/h7H,5-6H2,1-4H3. The summed E-state index contributed by atoms with van der Waals surface area (Å²) in [6.07, 6.45) is 0. The lowest BCUT2D eigenvalue weighted by Gasteiger charge is -2.18. The van der Waals surface area contributed by atoms with Gasteiger partial charge in [-0.1, -0.05) is 0 Å². The van der Waals surface area contributed by atoms with Crippen molar-refractivity contribution in [1.82, 2.24) is 9.97 Å². The molecule has 0 saturated carbocycles. The van der Waals surface area contributed by atoms with Crippen molar-refractivity contribution in [1.29, 1.82) is 5.26 Å². The summed E-state index contributed by atoms with van der Waals surface area (Å²) < 4.78 is 10.2. The first-order valence-electron chi connectivity index (χ1n) is 6.05. The Kier molecular flexibility index (Phi) is 4.81. The normalized spacial score (nSPS) is 13.2. The van der Waals surface area contributed by atoms with Crippen LogP contribution in [0.3, 0.4) is 0 Å². The topological polar surface area (TPSA) is 85.1 Å². The fourth-order valence-electron chi connectivity index (χ4n) is 1.45. The number of ether oxygens (including phenoxy) is 2. The van der Waals surface area contributed by atoms with Crippen LogP contribution in [0.1, 0.15) is 32.3 Å². The summed E-state index contributed by atoms with van der Waals surface area (Å²) in [6.45, 7) is 7.33. The summed E-state index contributed by atoms with van der Waals surface area (Å²) in [4.78, 5) is 20.2. The summed E-state index contributed by atoms with van der Waals surface area (Å²) >= 11 is 0. The maximum atomic E-state index is 11.9. The van der Waals surface area contributed by atoms with Gasteiger partial charge in [0.1, 0.15) is 0 Å². The highest BCUT2D eigenvalue weighted by Gasteiger charge is 2.40. The number of carbonyl (C=O) groups is 1. The molecule has 0 fully saturated rings. The molecule has 1 atom stereocenters. The van der Waals surface area contributed by atoms with Crippen LogP contribution in [-0.4, -0.2) is 29.2 Å². The molecule has 0 amide bonds. The minimum Gasteiger partial charge on any atom is -0.478 e. The van der Waals surface area contributed by atoms with E-state index in [0.717, 1.165) is 0 Å². The van der Waals surface area contributed by atoms with Gasteiger partial charge in [0, 0.05) is 11.8 Å². The third-order valence-electron chi connectivity index (χ3n) is 2.48. The van der Waals surface area contributed by atoms with E-state index in [2.05, 4.69) is 9.97 Å². The minimum atomic E-state index is -1.53. The average Bonchev–Trinajstić information content (AvgIpc) is 2.37. The molecule has 1 heterocycles. The number of carbonyl (C=O) groups excluding carboxylic acids is 1. The molecule has 19 heavy (non-hydrogen) atoms. The lowest BCUT2D eigenvalue weighted by atomic mass is 9.91. The van der Waals surface area contributed by atoms with Gasteiger partial charge in [-0.25, -0.2) is 9.78 Å². The molecule has 1 rings (SSSR count). The second-order valence-corrected chi connectivity index (χ2v) is 4.06. The molecule has 1 aromatic rings. The Bertz CT molecular complexity index is 510. The third kappa shape index (κ3) is 3.19. The number of nitriles is 1. The van der Waals surface area contributed by atoms with Gasteiger partial charge in [0.25, 0.3) is 0 Å². The number of hydrogen-bond acceptors (Lipinski definition) is 6. The van der Waals surface area contributed by atoms with Gasteiger partial charge in [-0.2, -0.15) is 10.2 Å². The van der Waals surface area contributed by atoms with Crippen molar-refractivity contribution in [3.05, 3.63) is 17.6 Å². The number of hydrogen-bond donors (Lipinski definition) is 0. The zero-order valence-corrected chi connectivity index (χ0v) is 11.6. The second-order valence-electron chi connectivity index (χ2n) is 4.06. The van der Waals surface area contributed by atoms with Gasteiger partial charge in [0.05, 0.1) is 19.3 Å². The molecule has 1 unspecified atom stereocenters. The van der Waals surface area contributed by atoms with Gasteiger partial charge in [-0.15, -0.1) is 0 Å². The molecule has 0 spiro atoms. The van der Waals surface area contributed by atoms with E-state index in [1.165, 1.54) is 6.92 Å². The summed E-state index contributed by atoms with van der Waals surface area (Å²) in [5, 5.41) is 9.28. The molecule has 6 heteroatoms. The van der Waals surface area contributed by atoms with Crippen LogP contribution in [0.15, 0.2) is 6.07 Å². The number of nitrogens with zero attached hydrogens (tertiary/aromatic N) is 3. The third-order valence-corrected chi connectivity index (χ3v) is 2.48. The van der Waals surface area contributed by atoms with Gasteiger partial charge < -0.3 is 9.47 Å². The van der Waals surface area contributed by atoms with Crippen molar-refractivity contribution in [2.24, 2.45) is 0 Å². The van der Waals surface area contributed by atoms with Crippen LogP contribution in [0.25, 0.3) is 0 Å². The van der Waals surface area contributed by atoms with Gasteiger partial charge in [0.2, 0.25) is 11.3 Å². The van der Waals surface area contributed by atoms with E-state index >= 15 is 0 Å². The van der Waals surface area contributed by atoms with Crippen LogP contribution >= 0.6 is 0 Å². The zero-order valence-electron chi connectivity index (χ0n) is 11.6. The van der Waals surface area contributed by atoms with E-state index in [-0.39, 0.29) is 12.4 Å². The number of esters is 1. The molecule has 102 valence electrons. The Hall–Kier alpha value is -2.16. The molecular formula is C13H17N3O3.